The van der Waals surface area contributed by atoms with Crippen molar-refractivity contribution in [3.8, 4) is 6.07 Å². The molecule has 1 aromatic rings. The van der Waals surface area contributed by atoms with E-state index in [1.54, 1.807) is 6.07 Å². The van der Waals surface area contributed by atoms with E-state index in [2.05, 4.69) is 4.72 Å². The lowest BCUT2D eigenvalue weighted by atomic mass is 10.2. The quantitative estimate of drug-likeness (QED) is 0.882. The Bertz CT molecular complexity index is 568. The van der Waals surface area contributed by atoms with Crippen molar-refractivity contribution >= 4 is 15.7 Å². The van der Waals surface area contributed by atoms with Gasteiger partial charge >= 0.3 is 0 Å². The lowest BCUT2D eigenvalue weighted by molar-refractivity contribution is 0.566. The van der Waals surface area contributed by atoms with Crippen LogP contribution in [0.25, 0.3) is 0 Å². The molecule has 0 fully saturated rings. The molecule has 0 aliphatic rings. The van der Waals surface area contributed by atoms with Crippen LogP contribution in [0, 0.1) is 17.1 Å². The zero-order valence-corrected chi connectivity index (χ0v) is 10.6. The Morgan fingerprint density at radius 3 is 2.41 bits per heavy atom. The molecule has 0 unspecified atom stereocenters. The van der Waals surface area contributed by atoms with Crippen LogP contribution < -0.4 is 4.72 Å². The van der Waals surface area contributed by atoms with Crippen LogP contribution in [0.15, 0.2) is 18.2 Å². The van der Waals surface area contributed by atoms with Crippen LogP contribution in [0.5, 0.6) is 0 Å². The Hall–Kier alpha value is -1.61. The molecule has 0 saturated carbocycles. The molecule has 0 bridgehead atoms. The molecule has 92 valence electrons. The molecule has 0 spiro atoms. The van der Waals surface area contributed by atoms with Crippen LogP contribution in [-0.4, -0.2) is 13.2 Å². The minimum atomic E-state index is -3.67. The lowest BCUT2D eigenvalue weighted by Gasteiger charge is -2.20. The topological polar surface area (TPSA) is 70.0 Å². The maximum Gasteiger partial charge on any atom is 0.237 e. The fourth-order valence-electron chi connectivity index (χ4n) is 1.02. The molecule has 4 nitrogen and oxygen atoms in total. The van der Waals surface area contributed by atoms with E-state index in [0.717, 1.165) is 6.07 Å². The number of hydrogen-bond acceptors (Lipinski definition) is 3. The Kier molecular flexibility index (Phi) is 3.43. The van der Waals surface area contributed by atoms with Gasteiger partial charge in [-0.25, -0.2) is 12.8 Å². The highest BCUT2D eigenvalue weighted by Crippen LogP contribution is 2.23. The van der Waals surface area contributed by atoms with E-state index in [9.17, 15) is 12.8 Å². The van der Waals surface area contributed by atoms with Crippen molar-refractivity contribution < 1.29 is 12.8 Å². The van der Waals surface area contributed by atoms with Crippen LogP contribution in [0.2, 0.25) is 0 Å². The first kappa shape index (κ1) is 13.5. The molecule has 0 saturated heterocycles. The van der Waals surface area contributed by atoms with Gasteiger partial charge in [0.15, 0.2) is 0 Å². The predicted octanol–water partition coefficient (Wildman–Crippen LogP) is 2.24. The summed E-state index contributed by atoms with van der Waals surface area (Å²) in [4.78, 5) is 0. The standard InChI is InChI=1S/C11H13FN2O2S/c1-11(2,3)17(15,16)14-10-6-4-5-9(12)8(10)7-13/h4-6,14H,1-3H3. The summed E-state index contributed by atoms with van der Waals surface area (Å²) >= 11 is 0. The average molecular weight is 256 g/mol. The number of sulfonamides is 1. The molecule has 0 aliphatic heterocycles. The van der Waals surface area contributed by atoms with Crippen molar-refractivity contribution in [1.29, 1.82) is 5.26 Å². The van der Waals surface area contributed by atoms with Gasteiger partial charge < -0.3 is 0 Å². The van der Waals surface area contributed by atoms with Gasteiger partial charge in [-0.05, 0) is 32.9 Å². The minimum Gasteiger partial charge on any atom is -0.282 e. The molecule has 17 heavy (non-hydrogen) atoms. The van der Waals surface area contributed by atoms with E-state index < -0.39 is 20.6 Å². The average Bonchev–Trinajstić information content (AvgIpc) is 2.15. The summed E-state index contributed by atoms with van der Waals surface area (Å²) < 4.78 is 38.2. The Balaban J connectivity index is 3.24. The molecule has 1 N–H and O–H groups in total. The zero-order chi connectivity index (χ0) is 13.3. The molecule has 0 amide bonds. The molecule has 0 atom stereocenters. The highest BCUT2D eigenvalue weighted by Gasteiger charge is 2.29. The molecular formula is C11H13FN2O2S. The fourth-order valence-corrected chi connectivity index (χ4v) is 1.79. The number of rotatable bonds is 2. The zero-order valence-electron chi connectivity index (χ0n) is 9.78. The number of nitriles is 1. The van der Waals surface area contributed by atoms with Gasteiger partial charge in [0.2, 0.25) is 10.0 Å². The second-order valence-corrected chi connectivity index (χ2v) is 6.93. The summed E-state index contributed by atoms with van der Waals surface area (Å²) in [6, 6.07) is 5.44. The van der Waals surface area contributed by atoms with Gasteiger partial charge in [-0.15, -0.1) is 0 Å². The first-order valence-electron chi connectivity index (χ1n) is 4.90. The SMILES string of the molecule is CC(C)(C)S(=O)(=O)Nc1cccc(F)c1C#N. The van der Waals surface area contributed by atoms with Crippen LogP contribution >= 0.6 is 0 Å². The van der Waals surface area contributed by atoms with Gasteiger partial charge in [-0.1, -0.05) is 6.07 Å². The number of anilines is 1. The molecule has 0 radical (unpaired) electrons. The molecule has 6 heteroatoms. The normalized spacial score (nSPS) is 11.9. The highest BCUT2D eigenvalue weighted by molar-refractivity contribution is 7.94. The third-order valence-electron chi connectivity index (χ3n) is 2.18. The van der Waals surface area contributed by atoms with E-state index in [4.69, 9.17) is 5.26 Å². The van der Waals surface area contributed by atoms with E-state index in [1.165, 1.54) is 32.9 Å². The Labute approximate surface area is 100 Å². The molecule has 0 heterocycles. The highest BCUT2D eigenvalue weighted by atomic mass is 32.2. The van der Waals surface area contributed by atoms with Crippen molar-refractivity contribution in [3.63, 3.8) is 0 Å². The summed E-state index contributed by atoms with van der Waals surface area (Å²) in [6.45, 7) is 4.54. The predicted molar refractivity (Wildman–Crippen MR) is 63.4 cm³/mol. The van der Waals surface area contributed by atoms with Crippen LogP contribution in [0.4, 0.5) is 10.1 Å². The first-order valence-corrected chi connectivity index (χ1v) is 6.38. The van der Waals surface area contributed by atoms with E-state index in [-0.39, 0.29) is 11.3 Å². The maximum absolute atomic E-state index is 13.3. The number of benzene rings is 1. The Morgan fingerprint density at radius 2 is 1.94 bits per heavy atom. The number of halogens is 1. The lowest BCUT2D eigenvalue weighted by Crippen LogP contribution is -2.34. The molecule has 1 rings (SSSR count). The Morgan fingerprint density at radius 1 is 1.35 bits per heavy atom. The summed E-state index contributed by atoms with van der Waals surface area (Å²) in [5.74, 6) is -0.749. The molecular weight excluding hydrogens is 243 g/mol. The van der Waals surface area contributed by atoms with E-state index in [0.29, 0.717) is 0 Å². The number of hydrogen-bond donors (Lipinski definition) is 1. The van der Waals surface area contributed by atoms with Gasteiger partial charge in [0.05, 0.1) is 10.4 Å². The smallest absolute Gasteiger partial charge is 0.237 e. The van der Waals surface area contributed by atoms with Crippen LogP contribution in [0.1, 0.15) is 26.3 Å². The summed E-state index contributed by atoms with van der Waals surface area (Å²) in [7, 11) is -3.67. The molecule has 0 aliphatic carbocycles. The largest absolute Gasteiger partial charge is 0.282 e. The van der Waals surface area contributed by atoms with Crippen molar-refractivity contribution in [2.24, 2.45) is 0 Å². The van der Waals surface area contributed by atoms with Crippen LogP contribution in [-0.2, 0) is 10.0 Å². The third-order valence-corrected chi connectivity index (χ3v) is 4.28. The summed E-state index contributed by atoms with van der Waals surface area (Å²) in [5, 5.41) is 8.77. The van der Waals surface area contributed by atoms with Gasteiger partial charge in [0, 0.05) is 0 Å². The minimum absolute atomic E-state index is 0.0394. The fraction of sp³-hybridized carbons (Fsp3) is 0.364. The van der Waals surface area contributed by atoms with Gasteiger partial charge in [-0.2, -0.15) is 5.26 Å². The van der Waals surface area contributed by atoms with E-state index in [1.807, 2.05) is 0 Å². The van der Waals surface area contributed by atoms with Gasteiger partial charge in [-0.3, -0.25) is 4.72 Å². The summed E-state index contributed by atoms with van der Waals surface area (Å²) in [6.07, 6.45) is 0. The van der Waals surface area contributed by atoms with Gasteiger partial charge in [0.25, 0.3) is 0 Å². The maximum atomic E-state index is 13.3. The third kappa shape index (κ3) is 2.74. The molecule has 0 aromatic heterocycles. The van der Waals surface area contributed by atoms with Crippen molar-refractivity contribution in [2.75, 3.05) is 4.72 Å². The first-order chi connectivity index (χ1) is 7.69. The second kappa shape index (κ2) is 4.34. The summed E-state index contributed by atoms with van der Waals surface area (Å²) in [5.41, 5.74) is -0.345. The van der Waals surface area contributed by atoms with Crippen molar-refractivity contribution in [2.45, 2.75) is 25.5 Å². The van der Waals surface area contributed by atoms with Crippen molar-refractivity contribution in [1.82, 2.24) is 0 Å². The molecule has 1 aromatic carbocycles. The second-order valence-electron chi connectivity index (χ2n) is 4.49. The number of nitrogens with one attached hydrogen (secondary N) is 1. The van der Waals surface area contributed by atoms with Crippen LogP contribution in [0.3, 0.4) is 0 Å². The number of nitrogens with zero attached hydrogens (tertiary/aromatic N) is 1. The van der Waals surface area contributed by atoms with E-state index >= 15 is 0 Å². The van der Waals surface area contributed by atoms with Gasteiger partial charge in [0.1, 0.15) is 17.4 Å². The monoisotopic (exact) mass is 256 g/mol. The van der Waals surface area contributed by atoms with Crippen molar-refractivity contribution in [3.05, 3.63) is 29.6 Å².